The van der Waals surface area contributed by atoms with E-state index in [0.717, 1.165) is 30.5 Å². The average Bonchev–Trinajstić information content (AvgIpc) is 2.38. The Labute approximate surface area is 114 Å². The standard InChI is InChI=1S/C16H22N2O/c1-4-9-16(17)12(6-3)11(5-2)10-14-13(16)7-8-15(19)18-14/h5-8,11H,2,4,9-10,17H2,1,3H3,(H,18,19)/b12-6+/t11-,16-/m1/s1. The van der Waals surface area contributed by atoms with Gasteiger partial charge in [0.15, 0.2) is 0 Å². The van der Waals surface area contributed by atoms with E-state index < -0.39 is 5.54 Å². The zero-order valence-corrected chi connectivity index (χ0v) is 11.7. The highest BCUT2D eigenvalue weighted by molar-refractivity contribution is 5.44. The van der Waals surface area contributed by atoms with Crippen LogP contribution in [0.1, 0.15) is 37.9 Å². The Bertz CT molecular complexity index is 570. The summed E-state index contributed by atoms with van der Waals surface area (Å²) in [6.45, 7) is 8.07. The lowest BCUT2D eigenvalue weighted by Crippen LogP contribution is -2.46. The lowest BCUT2D eigenvalue weighted by atomic mass is 9.68. The smallest absolute Gasteiger partial charge is 0.248 e. The number of hydrogen-bond acceptors (Lipinski definition) is 2. The zero-order chi connectivity index (χ0) is 14.0. The SMILES string of the molecule is C=C[C@@H]1Cc2[nH]c(=O)ccc2[C@@](N)(CCC)/C1=C/C. The first kappa shape index (κ1) is 13.8. The zero-order valence-electron chi connectivity index (χ0n) is 11.7. The monoisotopic (exact) mass is 258 g/mol. The Morgan fingerprint density at radius 2 is 2.32 bits per heavy atom. The third kappa shape index (κ3) is 2.19. The molecule has 3 nitrogen and oxygen atoms in total. The van der Waals surface area contributed by atoms with E-state index in [1.165, 1.54) is 5.57 Å². The number of pyridine rings is 1. The van der Waals surface area contributed by atoms with E-state index >= 15 is 0 Å². The number of hydrogen-bond donors (Lipinski definition) is 2. The second-order valence-corrected chi connectivity index (χ2v) is 5.23. The minimum absolute atomic E-state index is 0.0654. The van der Waals surface area contributed by atoms with Crippen LogP contribution in [0.3, 0.4) is 0 Å². The summed E-state index contributed by atoms with van der Waals surface area (Å²) in [4.78, 5) is 14.5. The maximum atomic E-state index is 11.5. The fraction of sp³-hybridized carbons (Fsp3) is 0.438. The molecule has 1 aromatic heterocycles. The summed E-state index contributed by atoms with van der Waals surface area (Å²) in [6, 6.07) is 3.45. The van der Waals surface area contributed by atoms with E-state index in [2.05, 4.69) is 24.6 Å². The second kappa shape index (κ2) is 5.17. The second-order valence-electron chi connectivity index (χ2n) is 5.23. The largest absolute Gasteiger partial charge is 0.326 e. The molecule has 0 unspecified atom stereocenters. The fourth-order valence-electron chi connectivity index (χ4n) is 3.27. The van der Waals surface area contributed by atoms with Crippen molar-refractivity contribution < 1.29 is 0 Å². The van der Waals surface area contributed by atoms with Gasteiger partial charge in [-0.25, -0.2) is 0 Å². The molecule has 0 aliphatic heterocycles. The quantitative estimate of drug-likeness (QED) is 0.819. The van der Waals surface area contributed by atoms with Crippen LogP contribution in [-0.4, -0.2) is 4.98 Å². The number of rotatable bonds is 3. The van der Waals surface area contributed by atoms with Gasteiger partial charge in [0.1, 0.15) is 0 Å². The van der Waals surface area contributed by atoms with Gasteiger partial charge in [0, 0.05) is 17.7 Å². The van der Waals surface area contributed by atoms with Crippen molar-refractivity contribution in [2.75, 3.05) is 0 Å². The van der Waals surface area contributed by atoms with E-state index in [-0.39, 0.29) is 11.5 Å². The highest BCUT2D eigenvalue weighted by Gasteiger charge is 2.40. The minimum Gasteiger partial charge on any atom is -0.326 e. The van der Waals surface area contributed by atoms with Gasteiger partial charge >= 0.3 is 0 Å². The predicted octanol–water partition coefficient (Wildman–Crippen LogP) is 2.63. The molecule has 1 aliphatic carbocycles. The van der Waals surface area contributed by atoms with Crippen molar-refractivity contribution in [1.29, 1.82) is 0 Å². The number of aromatic nitrogens is 1. The molecule has 19 heavy (non-hydrogen) atoms. The Kier molecular flexibility index (Phi) is 3.76. The molecule has 0 saturated carbocycles. The number of allylic oxidation sites excluding steroid dienone is 2. The number of fused-ring (bicyclic) bond motifs is 1. The van der Waals surface area contributed by atoms with Gasteiger partial charge in [-0.05, 0) is 37.0 Å². The summed E-state index contributed by atoms with van der Waals surface area (Å²) in [5.41, 5.74) is 9.39. The van der Waals surface area contributed by atoms with E-state index in [1.807, 2.05) is 19.1 Å². The highest BCUT2D eigenvalue weighted by Crippen LogP contribution is 2.42. The number of H-pyrrole nitrogens is 1. The Morgan fingerprint density at radius 3 is 2.89 bits per heavy atom. The first-order chi connectivity index (χ1) is 9.06. The molecule has 102 valence electrons. The summed E-state index contributed by atoms with van der Waals surface area (Å²) in [6.07, 6.45) is 6.68. The summed E-state index contributed by atoms with van der Waals surface area (Å²) >= 11 is 0. The molecule has 0 bridgehead atoms. The first-order valence-electron chi connectivity index (χ1n) is 6.87. The number of aromatic amines is 1. The van der Waals surface area contributed by atoms with Gasteiger partial charge in [-0.15, -0.1) is 6.58 Å². The van der Waals surface area contributed by atoms with Crippen LogP contribution in [0.15, 0.2) is 41.2 Å². The maximum absolute atomic E-state index is 11.5. The van der Waals surface area contributed by atoms with Crippen molar-refractivity contribution in [1.82, 2.24) is 4.98 Å². The Morgan fingerprint density at radius 1 is 1.58 bits per heavy atom. The van der Waals surface area contributed by atoms with E-state index in [0.29, 0.717) is 0 Å². The van der Waals surface area contributed by atoms with E-state index in [1.54, 1.807) is 6.07 Å². The van der Waals surface area contributed by atoms with Gasteiger partial charge in [-0.2, -0.15) is 0 Å². The molecule has 2 atom stereocenters. The van der Waals surface area contributed by atoms with Crippen LogP contribution in [0.5, 0.6) is 0 Å². The summed E-state index contributed by atoms with van der Waals surface area (Å²) in [5.74, 6) is 0.201. The summed E-state index contributed by atoms with van der Waals surface area (Å²) < 4.78 is 0. The molecule has 1 aliphatic rings. The van der Waals surface area contributed by atoms with E-state index in [4.69, 9.17) is 5.73 Å². The topological polar surface area (TPSA) is 58.9 Å². The van der Waals surface area contributed by atoms with Crippen LogP contribution in [-0.2, 0) is 12.0 Å². The lowest BCUT2D eigenvalue weighted by Gasteiger charge is -2.41. The van der Waals surface area contributed by atoms with Crippen molar-refractivity contribution in [2.24, 2.45) is 11.7 Å². The van der Waals surface area contributed by atoms with Crippen LogP contribution in [0, 0.1) is 5.92 Å². The van der Waals surface area contributed by atoms with Crippen molar-refractivity contribution in [3.63, 3.8) is 0 Å². The van der Waals surface area contributed by atoms with Crippen LogP contribution >= 0.6 is 0 Å². The minimum atomic E-state index is -0.486. The van der Waals surface area contributed by atoms with Gasteiger partial charge < -0.3 is 10.7 Å². The van der Waals surface area contributed by atoms with Crippen molar-refractivity contribution in [2.45, 2.75) is 38.6 Å². The molecule has 0 radical (unpaired) electrons. The van der Waals surface area contributed by atoms with Gasteiger partial charge in [-0.1, -0.05) is 25.5 Å². The lowest BCUT2D eigenvalue weighted by molar-refractivity contribution is 0.404. The summed E-state index contributed by atoms with van der Waals surface area (Å²) in [7, 11) is 0. The Balaban J connectivity index is 2.67. The van der Waals surface area contributed by atoms with Crippen molar-refractivity contribution in [3.05, 3.63) is 58.0 Å². The number of nitrogens with one attached hydrogen (secondary N) is 1. The molecule has 3 N–H and O–H groups in total. The third-order valence-corrected chi connectivity index (χ3v) is 4.06. The fourth-order valence-corrected chi connectivity index (χ4v) is 3.27. The Hall–Kier alpha value is -1.61. The molecule has 1 aromatic rings. The molecule has 0 fully saturated rings. The highest BCUT2D eigenvalue weighted by atomic mass is 16.1. The molecule has 0 saturated heterocycles. The summed E-state index contributed by atoms with van der Waals surface area (Å²) in [5, 5.41) is 0. The molecule has 0 spiro atoms. The van der Waals surface area contributed by atoms with Gasteiger partial charge in [-0.3, -0.25) is 4.79 Å². The first-order valence-corrected chi connectivity index (χ1v) is 6.87. The van der Waals surface area contributed by atoms with Crippen LogP contribution in [0.25, 0.3) is 0 Å². The molecule has 1 heterocycles. The molecule has 2 rings (SSSR count). The molecular weight excluding hydrogens is 236 g/mol. The molecule has 0 amide bonds. The maximum Gasteiger partial charge on any atom is 0.248 e. The van der Waals surface area contributed by atoms with Gasteiger partial charge in [0.05, 0.1) is 5.54 Å². The van der Waals surface area contributed by atoms with Crippen molar-refractivity contribution in [3.8, 4) is 0 Å². The van der Waals surface area contributed by atoms with Crippen LogP contribution in [0.4, 0.5) is 0 Å². The normalized spacial score (nSPS) is 28.2. The van der Waals surface area contributed by atoms with Crippen LogP contribution < -0.4 is 11.3 Å². The van der Waals surface area contributed by atoms with E-state index in [9.17, 15) is 4.79 Å². The van der Waals surface area contributed by atoms with Gasteiger partial charge in [0.25, 0.3) is 0 Å². The predicted molar refractivity (Wildman–Crippen MR) is 79.0 cm³/mol. The van der Waals surface area contributed by atoms with Crippen LogP contribution in [0.2, 0.25) is 0 Å². The molecular formula is C16H22N2O. The molecule has 3 heteroatoms. The molecule has 0 aromatic carbocycles. The van der Waals surface area contributed by atoms with Crippen molar-refractivity contribution >= 4 is 0 Å². The number of nitrogens with two attached hydrogens (primary N) is 1. The van der Waals surface area contributed by atoms with Gasteiger partial charge in [0.2, 0.25) is 5.56 Å². The third-order valence-electron chi connectivity index (χ3n) is 4.06. The average molecular weight is 258 g/mol.